The van der Waals surface area contributed by atoms with E-state index in [1.54, 1.807) is 6.07 Å². The average Bonchev–Trinajstić information content (AvgIpc) is 3.15. The number of alkyl halides is 3. The molecule has 1 aliphatic rings. The van der Waals surface area contributed by atoms with E-state index < -0.39 is 11.9 Å². The SMILES string of the molecule is N#Cc1cnc2c(c1)C(Cc1ccc(NCc3ccc(C(F)(F)F)nc3)nc1Cl)CN2. The van der Waals surface area contributed by atoms with Crippen LogP contribution >= 0.6 is 11.6 Å². The molecular formula is C21H16ClF3N6. The molecule has 4 heterocycles. The van der Waals surface area contributed by atoms with Gasteiger partial charge in [0.15, 0.2) is 0 Å². The molecule has 2 N–H and O–H groups in total. The smallest absolute Gasteiger partial charge is 0.369 e. The molecule has 1 aliphatic heterocycles. The van der Waals surface area contributed by atoms with E-state index in [9.17, 15) is 13.2 Å². The lowest BCUT2D eigenvalue weighted by molar-refractivity contribution is -0.141. The summed E-state index contributed by atoms with van der Waals surface area (Å²) in [7, 11) is 0. The minimum absolute atomic E-state index is 0.118. The van der Waals surface area contributed by atoms with Crippen LogP contribution in [0.3, 0.4) is 0 Å². The van der Waals surface area contributed by atoms with Crippen LogP contribution in [0, 0.1) is 11.3 Å². The molecule has 4 rings (SSSR count). The molecule has 1 atom stereocenters. The van der Waals surface area contributed by atoms with Gasteiger partial charge in [0, 0.05) is 37.0 Å². The topological polar surface area (TPSA) is 86.5 Å². The van der Waals surface area contributed by atoms with E-state index in [-0.39, 0.29) is 12.5 Å². The predicted molar refractivity (Wildman–Crippen MR) is 110 cm³/mol. The van der Waals surface area contributed by atoms with E-state index in [0.29, 0.717) is 35.1 Å². The molecule has 0 aromatic carbocycles. The first-order chi connectivity index (χ1) is 14.8. The van der Waals surface area contributed by atoms with E-state index >= 15 is 0 Å². The molecule has 0 saturated carbocycles. The number of nitrogens with one attached hydrogen (secondary N) is 2. The summed E-state index contributed by atoms with van der Waals surface area (Å²) in [5, 5.41) is 15.7. The summed E-state index contributed by atoms with van der Waals surface area (Å²) in [6.07, 6.45) is -1.11. The third kappa shape index (κ3) is 4.70. The highest BCUT2D eigenvalue weighted by atomic mass is 35.5. The molecule has 3 aromatic heterocycles. The van der Waals surface area contributed by atoms with Gasteiger partial charge in [0.05, 0.1) is 5.56 Å². The number of fused-ring (bicyclic) bond motifs is 1. The second kappa shape index (κ2) is 8.40. The summed E-state index contributed by atoms with van der Waals surface area (Å²) in [5.41, 5.74) is 2.00. The molecule has 0 aliphatic carbocycles. The van der Waals surface area contributed by atoms with Crippen LogP contribution in [0.15, 0.2) is 42.7 Å². The first kappa shape index (κ1) is 20.9. The van der Waals surface area contributed by atoms with Gasteiger partial charge in [-0.05, 0) is 35.7 Å². The summed E-state index contributed by atoms with van der Waals surface area (Å²) >= 11 is 6.37. The first-order valence-electron chi connectivity index (χ1n) is 9.39. The maximum Gasteiger partial charge on any atom is 0.433 e. The van der Waals surface area contributed by atoms with Crippen molar-refractivity contribution >= 4 is 23.2 Å². The number of hydrogen-bond acceptors (Lipinski definition) is 6. The molecular weight excluding hydrogens is 429 g/mol. The Morgan fingerprint density at radius 3 is 2.71 bits per heavy atom. The Morgan fingerprint density at radius 2 is 2.03 bits per heavy atom. The van der Waals surface area contributed by atoms with Gasteiger partial charge in [0.1, 0.15) is 28.6 Å². The lowest BCUT2D eigenvalue weighted by Crippen LogP contribution is -2.09. The first-order valence-corrected chi connectivity index (χ1v) is 9.76. The molecule has 0 saturated heterocycles. The summed E-state index contributed by atoms with van der Waals surface area (Å²) in [5.74, 6) is 1.40. The number of hydrogen-bond donors (Lipinski definition) is 2. The number of halogens is 4. The molecule has 10 heteroatoms. The molecule has 0 spiro atoms. The number of nitrogens with zero attached hydrogens (tertiary/aromatic N) is 4. The number of aromatic nitrogens is 3. The van der Waals surface area contributed by atoms with Crippen molar-refractivity contribution < 1.29 is 13.2 Å². The Hall–Kier alpha value is -3.38. The molecule has 3 aromatic rings. The number of rotatable bonds is 5. The quantitative estimate of drug-likeness (QED) is 0.551. The van der Waals surface area contributed by atoms with Crippen molar-refractivity contribution in [1.29, 1.82) is 5.26 Å². The van der Waals surface area contributed by atoms with E-state index in [0.717, 1.165) is 23.0 Å². The van der Waals surface area contributed by atoms with Gasteiger partial charge >= 0.3 is 6.18 Å². The highest BCUT2D eigenvalue weighted by Gasteiger charge is 2.32. The Kier molecular flexibility index (Phi) is 5.65. The summed E-state index contributed by atoms with van der Waals surface area (Å²) in [4.78, 5) is 12.1. The van der Waals surface area contributed by atoms with Crippen LogP contribution in [0.4, 0.5) is 24.8 Å². The molecule has 0 radical (unpaired) electrons. The summed E-state index contributed by atoms with van der Waals surface area (Å²) in [6.45, 7) is 0.949. The van der Waals surface area contributed by atoms with Crippen molar-refractivity contribution in [3.8, 4) is 6.07 Å². The van der Waals surface area contributed by atoms with Gasteiger partial charge in [-0.25, -0.2) is 9.97 Å². The van der Waals surface area contributed by atoms with Crippen LogP contribution in [-0.2, 0) is 19.1 Å². The van der Waals surface area contributed by atoms with E-state index in [2.05, 4.69) is 31.7 Å². The Bertz CT molecular complexity index is 1140. The van der Waals surface area contributed by atoms with Crippen LogP contribution in [0.1, 0.15) is 33.9 Å². The van der Waals surface area contributed by atoms with Gasteiger partial charge in [-0.3, -0.25) is 4.98 Å². The van der Waals surface area contributed by atoms with Crippen LogP contribution in [-0.4, -0.2) is 21.5 Å². The Balaban J connectivity index is 1.41. The maximum absolute atomic E-state index is 12.6. The number of pyridine rings is 3. The normalized spacial score (nSPS) is 15.1. The highest BCUT2D eigenvalue weighted by molar-refractivity contribution is 6.30. The fourth-order valence-electron chi connectivity index (χ4n) is 3.38. The van der Waals surface area contributed by atoms with Gasteiger partial charge in [0.25, 0.3) is 0 Å². The zero-order valence-electron chi connectivity index (χ0n) is 16.0. The number of anilines is 2. The molecule has 6 nitrogen and oxygen atoms in total. The molecule has 158 valence electrons. The van der Waals surface area contributed by atoms with Crippen molar-refractivity contribution in [2.24, 2.45) is 0 Å². The van der Waals surface area contributed by atoms with Gasteiger partial charge < -0.3 is 10.6 Å². The second-order valence-corrected chi connectivity index (χ2v) is 7.46. The number of nitriles is 1. The fraction of sp³-hybridized carbons (Fsp3) is 0.238. The largest absolute Gasteiger partial charge is 0.433 e. The van der Waals surface area contributed by atoms with Gasteiger partial charge in [-0.2, -0.15) is 18.4 Å². The Morgan fingerprint density at radius 1 is 1.19 bits per heavy atom. The zero-order chi connectivity index (χ0) is 22.0. The van der Waals surface area contributed by atoms with Crippen molar-refractivity contribution in [2.45, 2.75) is 25.1 Å². The minimum atomic E-state index is -4.46. The molecule has 31 heavy (non-hydrogen) atoms. The van der Waals surface area contributed by atoms with Gasteiger partial charge in [0.2, 0.25) is 0 Å². The van der Waals surface area contributed by atoms with E-state index in [1.807, 2.05) is 12.1 Å². The maximum atomic E-state index is 12.6. The molecule has 1 unspecified atom stereocenters. The van der Waals surface area contributed by atoms with Crippen molar-refractivity contribution in [1.82, 2.24) is 15.0 Å². The van der Waals surface area contributed by atoms with Crippen LogP contribution in [0.5, 0.6) is 0 Å². The van der Waals surface area contributed by atoms with Crippen molar-refractivity contribution in [3.63, 3.8) is 0 Å². The van der Waals surface area contributed by atoms with E-state index in [1.165, 1.54) is 18.5 Å². The lowest BCUT2D eigenvalue weighted by Gasteiger charge is -2.13. The van der Waals surface area contributed by atoms with Crippen molar-refractivity contribution in [3.05, 3.63) is 75.8 Å². The van der Waals surface area contributed by atoms with Crippen LogP contribution in [0.2, 0.25) is 5.15 Å². The van der Waals surface area contributed by atoms with E-state index in [4.69, 9.17) is 16.9 Å². The average molecular weight is 445 g/mol. The van der Waals surface area contributed by atoms with Gasteiger partial charge in [-0.15, -0.1) is 0 Å². The van der Waals surface area contributed by atoms with Gasteiger partial charge in [-0.1, -0.05) is 23.7 Å². The fourth-order valence-corrected chi connectivity index (χ4v) is 3.61. The monoisotopic (exact) mass is 444 g/mol. The molecule has 0 bridgehead atoms. The molecule has 0 amide bonds. The Labute approximate surface area is 181 Å². The molecule has 0 fully saturated rings. The standard InChI is InChI=1S/C21H16ClF3N6/c22-19-14(6-15-11-30-20-16(15)5-13(7-26)10-29-20)2-4-18(31-19)28-9-12-1-3-17(27-8-12)21(23,24)25/h1-5,8,10,15H,6,9,11H2,(H,28,31)(H,29,30). The summed E-state index contributed by atoms with van der Waals surface area (Å²) in [6, 6.07) is 9.88. The van der Waals surface area contributed by atoms with Crippen LogP contribution < -0.4 is 10.6 Å². The van der Waals surface area contributed by atoms with Crippen LogP contribution in [0.25, 0.3) is 0 Å². The highest BCUT2D eigenvalue weighted by Crippen LogP contribution is 2.34. The third-order valence-electron chi connectivity index (χ3n) is 4.98. The summed E-state index contributed by atoms with van der Waals surface area (Å²) < 4.78 is 37.8. The van der Waals surface area contributed by atoms with Crippen molar-refractivity contribution in [2.75, 3.05) is 17.2 Å². The zero-order valence-corrected chi connectivity index (χ0v) is 16.8. The third-order valence-corrected chi connectivity index (χ3v) is 5.31. The predicted octanol–water partition coefficient (Wildman–Crippen LogP) is 4.78. The minimum Gasteiger partial charge on any atom is -0.369 e. The lowest BCUT2D eigenvalue weighted by atomic mass is 9.95. The second-order valence-electron chi connectivity index (χ2n) is 7.11.